The molecule has 5 heteroatoms. The van der Waals surface area contributed by atoms with Gasteiger partial charge < -0.3 is 9.32 Å². The molecular weight excluding hydrogens is 278 g/mol. The number of amides is 1. The molecule has 0 atom stereocenters. The molecule has 1 aliphatic carbocycles. The molecule has 0 aliphatic heterocycles. The molecule has 1 aliphatic rings. The third-order valence-corrected chi connectivity index (χ3v) is 4.13. The Bertz CT molecular complexity index is 694. The summed E-state index contributed by atoms with van der Waals surface area (Å²) in [6, 6.07) is 4.10. The first-order chi connectivity index (χ1) is 10.6. The molecule has 1 saturated carbocycles. The highest BCUT2D eigenvalue weighted by Gasteiger charge is 2.32. The van der Waals surface area contributed by atoms with Crippen molar-refractivity contribution >= 4 is 12.0 Å². The summed E-state index contributed by atoms with van der Waals surface area (Å²) in [5.41, 5.74) is 3.02. The summed E-state index contributed by atoms with van der Waals surface area (Å²) >= 11 is 0. The number of hydrogen-bond acceptors (Lipinski definition) is 3. The number of carbonyl (C=O) groups is 1. The van der Waals surface area contributed by atoms with Crippen molar-refractivity contribution in [2.45, 2.75) is 39.3 Å². The third kappa shape index (κ3) is 2.98. The SMILES string of the molecule is Cc1nn(C)c(C)c1/C=C/C(=O)N(Cc1ccco1)C1CC1. The molecule has 1 fully saturated rings. The minimum atomic E-state index is 0.0292. The lowest BCUT2D eigenvalue weighted by molar-refractivity contribution is -0.127. The molecule has 22 heavy (non-hydrogen) atoms. The lowest BCUT2D eigenvalue weighted by atomic mass is 10.2. The molecule has 116 valence electrons. The second-order valence-corrected chi connectivity index (χ2v) is 5.82. The molecule has 2 aromatic rings. The van der Waals surface area contributed by atoms with Crippen LogP contribution in [0.4, 0.5) is 0 Å². The lowest BCUT2D eigenvalue weighted by Gasteiger charge is -2.19. The average Bonchev–Trinajstić information content (AvgIpc) is 3.13. The van der Waals surface area contributed by atoms with Crippen molar-refractivity contribution in [3.05, 3.63) is 47.2 Å². The van der Waals surface area contributed by atoms with Crippen LogP contribution in [0, 0.1) is 13.8 Å². The van der Waals surface area contributed by atoms with Crippen LogP contribution in [0.25, 0.3) is 6.08 Å². The third-order valence-electron chi connectivity index (χ3n) is 4.13. The van der Waals surface area contributed by atoms with Crippen LogP contribution in [-0.2, 0) is 18.4 Å². The Balaban J connectivity index is 1.75. The fourth-order valence-electron chi connectivity index (χ4n) is 2.63. The Hall–Kier alpha value is -2.30. The number of hydrogen-bond donors (Lipinski definition) is 0. The van der Waals surface area contributed by atoms with Gasteiger partial charge in [-0.3, -0.25) is 9.48 Å². The van der Waals surface area contributed by atoms with E-state index in [1.54, 1.807) is 12.3 Å². The van der Waals surface area contributed by atoms with Crippen molar-refractivity contribution in [1.29, 1.82) is 0 Å². The zero-order chi connectivity index (χ0) is 15.7. The molecule has 3 rings (SSSR count). The maximum Gasteiger partial charge on any atom is 0.247 e. The van der Waals surface area contributed by atoms with Gasteiger partial charge in [0.05, 0.1) is 18.5 Å². The van der Waals surface area contributed by atoms with Gasteiger partial charge in [-0.25, -0.2) is 0 Å². The smallest absolute Gasteiger partial charge is 0.247 e. The summed E-state index contributed by atoms with van der Waals surface area (Å²) in [7, 11) is 1.91. The van der Waals surface area contributed by atoms with Crippen LogP contribution in [0.15, 0.2) is 28.9 Å². The van der Waals surface area contributed by atoms with Crippen LogP contribution in [0.5, 0.6) is 0 Å². The molecule has 2 aromatic heterocycles. The van der Waals surface area contributed by atoms with Gasteiger partial charge in [-0.05, 0) is 44.9 Å². The summed E-state index contributed by atoms with van der Waals surface area (Å²) in [6.07, 6.45) is 7.31. The van der Waals surface area contributed by atoms with Crippen LogP contribution < -0.4 is 0 Å². The zero-order valence-electron chi connectivity index (χ0n) is 13.2. The van der Waals surface area contributed by atoms with Crippen LogP contribution >= 0.6 is 0 Å². The fraction of sp³-hybridized carbons (Fsp3) is 0.412. The van der Waals surface area contributed by atoms with E-state index in [-0.39, 0.29) is 5.91 Å². The van der Waals surface area contributed by atoms with Gasteiger partial charge in [0.1, 0.15) is 5.76 Å². The van der Waals surface area contributed by atoms with Crippen LogP contribution in [-0.4, -0.2) is 26.6 Å². The van der Waals surface area contributed by atoms with Crippen LogP contribution in [0.2, 0.25) is 0 Å². The number of nitrogens with zero attached hydrogens (tertiary/aromatic N) is 3. The van der Waals surface area contributed by atoms with E-state index in [2.05, 4.69) is 5.10 Å². The lowest BCUT2D eigenvalue weighted by Crippen LogP contribution is -2.30. The van der Waals surface area contributed by atoms with Gasteiger partial charge in [0.25, 0.3) is 0 Å². The number of aromatic nitrogens is 2. The van der Waals surface area contributed by atoms with Gasteiger partial charge in [-0.1, -0.05) is 0 Å². The second-order valence-electron chi connectivity index (χ2n) is 5.82. The van der Waals surface area contributed by atoms with Crippen molar-refractivity contribution in [3.8, 4) is 0 Å². The van der Waals surface area contributed by atoms with Crippen molar-refractivity contribution in [2.75, 3.05) is 0 Å². The van der Waals surface area contributed by atoms with E-state index in [0.29, 0.717) is 12.6 Å². The molecule has 0 radical (unpaired) electrons. The standard InChI is InChI=1S/C17H21N3O2/c1-12-16(13(2)19(3)18-12)8-9-17(21)20(14-6-7-14)11-15-5-4-10-22-15/h4-5,8-10,14H,6-7,11H2,1-3H3/b9-8+. The normalized spacial score (nSPS) is 14.7. The molecular formula is C17H21N3O2. The van der Waals surface area contributed by atoms with E-state index in [1.165, 1.54) is 0 Å². The molecule has 2 heterocycles. The van der Waals surface area contributed by atoms with E-state index in [1.807, 2.05) is 48.7 Å². The van der Waals surface area contributed by atoms with E-state index >= 15 is 0 Å². The van der Waals surface area contributed by atoms with Gasteiger partial charge in [-0.2, -0.15) is 5.10 Å². The maximum absolute atomic E-state index is 12.5. The fourth-order valence-corrected chi connectivity index (χ4v) is 2.63. The molecule has 0 spiro atoms. The van der Waals surface area contributed by atoms with E-state index in [4.69, 9.17) is 4.42 Å². The average molecular weight is 299 g/mol. The minimum Gasteiger partial charge on any atom is -0.467 e. The Morgan fingerprint density at radius 1 is 1.50 bits per heavy atom. The predicted octanol–water partition coefficient (Wildman–Crippen LogP) is 2.83. The summed E-state index contributed by atoms with van der Waals surface area (Å²) in [4.78, 5) is 14.4. The van der Waals surface area contributed by atoms with Gasteiger partial charge in [0.2, 0.25) is 5.91 Å². The number of carbonyl (C=O) groups excluding carboxylic acids is 1. The Labute approximate surface area is 130 Å². The monoisotopic (exact) mass is 299 g/mol. The summed E-state index contributed by atoms with van der Waals surface area (Å²) < 4.78 is 7.20. The summed E-state index contributed by atoms with van der Waals surface area (Å²) in [5, 5.41) is 4.37. The molecule has 5 nitrogen and oxygen atoms in total. The van der Waals surface area contributed by atoms with E-state index in [9.17, 15) is 4.79 Å². The first-order valence-electron chi connectivity index (χ1n) is 7.57. The summed E-state index contributed by atoms with van der Waals surface area (Å²) in [6.45, 7) is 4.50. The van der Waals surface area contributed by atoms with Crippen molar-refractivity contribution < 1.29 is 9.21 Å². The molecule has 0 saturated heterocycles. The molecule has 0 aromatic carbocycles. The molecule has 1 amide bonds. The quantitative estimate of drug-likeness (QED) is 0.798. The minimum absolute atomic E-state index is 0.0292. The summed E-state index contributed by atoms with van der Waals surface area (Å²) in [5.74, 6) is 0.851. The molecule has 0 unspecified atom stereocenters. The predicted molar refractivity (Wildman–Crippen MR) is 84.0 cm³/mol. The van der Waals surface area contributed by atoms with E-state index < -0.39 is 0 Å². The van der Waals surface area contributed by atoms with E-state index in [0.717, 1.165) is 35.6 Å². The van der Waals surface area contributed by atoms with Crippen LogP contribution in [0.1, 0.15) is 35.6 Å². The first kappa shape index (κ1) is 14.6. The number of rotatable bonds is 5. The van der Waals surface area contributed by atoms with Crippen molar-refractivity contribution in [3.63, 3.8) is 0 Å². The highest BCUT2D eigenvalue weighted by atomic mass is 16.3. The topological polar surface area (TPSA) is 51.3 Å². The highest BCUT2D eigenvalue weighted by molar-refractivity contribution is 5.92. The number of furan rings is 1. The Kier molecular flexibility index (Phi) is 3.88. The Morgan fingerprint density at radius 2 is 2.27 bits per heavy atom. The first-order valence-corrected chi connectivity index (χ1v) is 7.57. The van der Waals surface area contributed by atoms with Crippen molar-refractivity contribution in [1.82, 2.24) is 14.7 Å². The number of aryl methyl sites for hydroxylation is 2. The van der Waals surface area contributed by atoms with Gasteiger partial charge in [-0.15, -0.1) is 0 Å². The Morgan fingerprint density at radius 3 is 2.82 bits per heavy atom. The zero-order valence-corrected chi connectivity index (χ0v) is 13.2. The molecule has 0 N–H and O–H groups in total. The van der Waals surface area contributed by atoms with Crippen molar-refractivity contribution in [2.24, 2.45) is 7.05 Å². The van der Waals surface area contributed by atoms with Gasteiger partial charge >= 0.3 is 0 Å². The largest absolute Gasteiger partial charge is 0.467 e. The van der Waals surface area contributed by atoms with Crippen LogP contribution in [0.3, 0.4) is 0 Å². The van der Waals surface area contributed by atoms with Gasteiger partial charge in [0, 0.05) is 30.4 Å². The maximum atomic E-state index is 12.5. The van der Waals surface area contributed by atoms with Gasteiger partial charge in [0.15, 0.2) is 0 Å². The second kappa shape index (κ2) is 5.83. The molecule has 0 bridgehead atoms. The highest BCUT2D eigenvalue weighted by Crippen LogP contribution is 2.29.